The number of carbonyl (C=O) groups excluding carboxylic acids is 1. The smallest absolute Gasteiger partial charge is 0.222 e. The summed E-state index contributed by atoms with van der Waals surface area (Å²) >= 11 is 0. The normalized spacial score (nSPS) is 16.3. The van der Waals surface area contributed by atoms with Gasteiger partial charge in [0.2, 0.25) is 5.91 Å². The minimum absolute atomic E-state index is 0.230. The molecular weight excluding hydrogens is 214 g/mol. The van der Waals surface area contributed by atoms with Gasteiger partial charge in [-0.05, 0) is 12.3 Å². The predicted octanol–water partition coefficient (Wildman–Crippen LogP) is 2.34. The number of aromatic nitrogens is 2. The van der Waals surface area contributed by atoms with E-state index in [1.54, 1.807) is 17.3 Å². The molecule has 1 amide bonds. The summed E-state index contributed by atoms with van der Waals surface area (Å²) in [5, 5.41) is 0. The molecule has 1 fully saturated rings. The topological polar surface area (TPSA) is 49.0 Å². The van der Waals surface area contributed by atoms with Crippen LogP contribution in [0.5, 0.6) is 0 Å². The molecule has 0 atom stereocenters. The largest absolute Gasteiger partial charge is 0.347 e. The SMILES string of the molecule is CN(Cc1ncc[nH]1)C(=O)CCC1CCCC1. The Labute approximate surface area is 102 Å². The third-order valence-corrected chi connectivity index (χ3v) is 3.61. The second-order valence-electron chi connectivity index (χ2n) is 4.97. The Morgan fingerprint density at radius 2 is 2.29 bits per heavy atom. The molecule has 1 aliphatic carbocycles. The van der Waals surface area contributed by atoms with Crippen LogP contribution in [0.2, 0.25) is 0 Å². The number of hydrogen-bond acceptors (Lipinski definition) is 2. The van der Waals surface area contributed by atoms with Crippen LogP contribution in [0, 0.1) is 5.92 Å². The Kier molecular flexibility index (Phi) is 4.18. The summed E-state index contributed by atoms with van der Waals surface area (Å²) < 4.78 is 0. The number of imidazole rings is 1. The van der Waals surface area contributed by atoms with E-state index in [4.69, 9.17) is 0 Å². The molecule has 0 saturated heterocycles. The van der Waals surface area contributed by atoms with E-state index in [0.717, 1.165) is 18.2 Å². The number of H-pyrrole nitrogens is 1. The summed E-state index contributed by atoms with van der Waals surface area (Å²) in [5.74, 6) is 1.87. The molecule has 0 bridgehead atoms. The van der Waals surface area contributed by atoms with Gasteiger partial charge in [0, 0.05) is 25.9 Å². The van der Waals surface area contributed by atoms with Crippen LogP contribution in [0.25, 0.3) is 0 Å². The highest BCUT2D eigenvalue weighted by Gasteiger charge is 2.17. The molecule has 0 spiro atoms. The lowest BCUT2D eigenvalue weighted by Crippen LogP contribution is -2.26. The fraction of sp³-hybridized carbons (Fsp3) is 0.692. The van der Waals surface area contributed by atoms with Gasteiger partial charge in [0.15, 0.2) is 0 Å². The third kappa shape index (κ3) is 3.58. The third-order valence-electron chi connectivity index (χ3n) is 3.61. The molecule has 4 nitrogen and oxygen atoms in total. The monoisotopic (exact) mass is 235 g/mol. The number of nitrogens with one attached hydrogen (secondary N) is 1. The second kappa shape index (κ2) is 5.84. The molecule has 0 aromatic carbocycles. The zero-order valence-electron chi connectivity index (χ0n) is 10.5. The van der Waals surface area contributed by atoms with Crippen molar-refractivity contribution < 1.29 is 4.79 Å². The number of hydrogen-bond donors (Lipinski definition) is 1. The van der Waals surface area contributed by atoms with Crippen LogP contribution in [0.4, 0.5) is 0 Å². The van der Waals surface area contributed by atoms with Gasteiger partial charge in [0.1, 0.15) is 5.82 Å². The zero-order valence-corrected chi connectivity index (χ0v) is 10.5. The second-order valence-corrected chi connectivity index (χ2v) is 4.97. The summed E-state index contributed by atoms with van der Waals surface area (Å²) in [7, 11) is 1.85. The lowest BCUT2D eigenvalue weighted by atomic mass is 10.0. The summed E-state index contributed by atoms with van der Waals surface area (Å²) in [6, 6.07) is 0. The molecule has 1 aliphatic rings. The molecule has 17 heavy (non-hydrogen) atoms. The van der Waals surface area contributed by atoms with E-state index < -0.39 is 0 Å². The van der Waals surface area contributed by atoms with Crippen molar-refractivity contribution in [1.82, 2.24) is 14.9 Å². The summed E-state index contributed by atoms with van der Waals surface area (Å²) in [5.41, 5.74) is 0. The lowest BCUT2D eigenvalue weighted by Gasteiger charge is -2.17. The Hall–Kier alpha value is -1.32. The fourth-order valence-corrected chi connectivity index (χ4v) is 2.51. The molecule has 1 saturated carbocycles. The molecule has 0 aliphatic heterocycles. The van der Waals surface area contributed by atoms with Crippen molar-refractivity contribution in [2.75, 3.05) is 7.05 Å². The van der Waals surface area contributed by atoms with Gasteiger partial charge in [0.05, 0.1) is 6.54 Å². The van der Waals surface area contributed by atoms with E-state index in [9.17, 15) is 4.79 Å². The molecule has 2 rings (SSSR count). The Balaban J connectivity index is 1.71. The van der Waals surface area contributed by atoms with Gasteiger partial charge in [-0.15, -0.1) is 0 Å². The van der Waals surface area contributed by atoms with E-state index in [0.29, 0.717) is 13.0 Å². The standard InChI is InChI=1S/C13H21N3O/c1-16(10-12-14-8-9-15-12)13(17)7-6-11-4-2-3-5-11/h8-9,11H,2-7,10H2,1H3,(H,14,15). The fourth-order valence-electron chi connectivity index (χ4n) is 2.51. The maximum Gasteiger partial charge on any atom is 0.222 e. The molecule has 4 heteroatoms. The summed E-state index contributed by atoms with van der Waals surface area (Å²) in [6.07, 6.45) is 10.6. The van der Waals surface area contributed by atoms with E-state index in [1.807, 2.05) is 7.05 Å². The molecule has 1 N–H and O–H groups in total. The van der Waals surface area contributed by atoms with Crippen molar-refractivity contribution in [3.63, 3.8) is 0 Å². The molecular formula is C13H21N3O. The first-order valence-corrected chi connectivity index (χ1v) is 6.48. The molecule has 1 heterocycles. The minimum Gasteiger partial charge on any atom is -0.347 e. The predicted molar refractivity (Wildman–Crippen MR) is 66.3 cm³/mol. The molecule has 94 valence electrons. The van der Waals surface area contributed by atoms with E-state index >= 15 is 0 Å². The van der Waals surface area contributed by atoms with Crippen molar-refractivity contribution in [2.45, 2.75) is 45.1 Å². The van der Waals surface area contributed by atoms with Crippen LogP contribution in [-0.4, -0.2) is 27.8 Å². The van der Waals surface area contributed by atoms with E-state index in [2.05, 4.69) is 9.97 Å². The van der Waals surface area contributed by atoms with Gasteiger partial charge in [-0.25, -0.2) is 4.98 Å². The van der Waals surface area contributed by atoms with Crippen LogP contribution < -0.4 is 0 Å². The van der Waals surface area contributed by atoms with Gasteiger partial charge in [0.25, 0.3) is 0 Å². The average Bonchev–Trinajstić information content (AvgIpc) is 2.98. The first-order valence-electron chi connectivity index (χ1n) is 6.48. The molecule has 0 radical (unpaired) electrons. The van der Waals surface area contributed by atoms with Crippen molar-refractivity contribution in [3.05, 3.63) is 18.2 Å². The molecule has 1 aromatic rings. The quantitative estimate of drug-likeness (QED) is 0.851. The van der Waals surface area contributed by atoms with Crippen molar-refractivity contribution in [3.8, 4) is 0 Å². The minimum atomic E-state index is 0.230. The first-order chi connectivity index (χ1) is 8.25. The number of rotatable bonds is 5. The zero-order chi connectivity index (χ0) is 12.1. The number of amides is 1. The van der Waals surface area contributed by atoms with Gasteiger partial charge in [-0.3, -0.25) is 4.79 Å². The summed E-state index contributed by atoms with van der Waals surface area (Å²) in [6.45, 7) is 0.580. The Morgan fingerprint density at radius 1 is 1.53 bits per heavy atom. The van der Waals surface area contributed by atoms with Crippen molar-refractivity contribution in [2.24, 2.45) is 5.92 Å². The average molecular weight is 235 g/mol. The first kappa shape index (κ1) is 12.1. The van der Waals surface area contributed by atoms with Gasteiger partial charge < -0.3 is 9.88 Å². The maximum atomic E-state index is 11.9. The van der Waals surface area contributed by atoms with Gasteiger partial charge >= 0.3 is 0 Å². The number of aromatic amines is 1. The van der Waals surface area contributed by atoms with Crippen molar-refractivity contribution in [1.29, 1.82) is 0 Å². The highest BCUT2D eigenvalue weighted by Crippen LogP contribution is 2.28. The molecule has 1 aromatic heterocycles. The maximum absolute atomic E-state index is 11.9. The number of nitrogens with zero attached hydrogens (tertiary/aromatic N) is 2. The van der Waals surface area contributed by atoms with Crippen molar-refractivity contribution >= 4 is 5.91 Å². The molecule has 0 unspecified atom stereocenters. The number of carbonyl (C=O) groups is 1. The van der Waals surface area contributed by atoms with Gasteiger partial charge in [-0.2, -0.15) is 0 Å². The van der Waals surface area contributed by atoms with Crippen LogP contribution in [0.15, 0.2) is 12.4 Å². The van der Waals surface area contributed by atoms with Gasteiger partial charge in [-0.1, -0.05) is 25.7 Å². The highest BCUT2D eigenvalue weighted by molar-refractivity contribution is 5.75. The van der Waals surface area contributed by atoms with E-state index in [1.165, 1.54) is 25.7 Å². The van der Waals surface area contributed by atoms with Crippen LogP contribution in [0.1, 0.15) is 44.3 Å². The Morgan fingerprint density at radius 3 is 2.94 bits per heavy atom. The van der Waals surface area contributed by atoms with E-state index in [-0.39, 0.29) is 5.91 Å². The summed E-state index contributed by atoms with van der Waals surface area (Å²) in [4.78, 5) is 20.8. The Bertz CT molecular complexity index is 342. The lowest BCUT2D eigenvalue weighted by molar-refractivity contribution is -0.130. The van der Waals surface area contributed by atoms with Crippen LogP contribution >= 0.6 is 0 Å². The van der Waals surface area contributed by atoms with Crippen LogP contribution in [0.3, 0.4) is 0 Å². The van der Waals surface area contributed by atoms with Crippen LogP contribution in [-0.2, 0) is 11.3 Å². The highest BCUT2D eigenvalue weighted by atomic mass is 16.2.